The molecule has 0 aliphatic heterocycles. The van der Waals surface area contributed by atoms with Crippen molar-refractivity contribution >= 4 is 27.1 Å². The Labute approximate surface area is 71.4 Å². The van der Waals surface area contributed by atoms with Gasteiger partial charge in [0.15, 0.2) is 0 Å². The van der Waals surface area contributed by atoms with Crippen LogP contribution in [-0.4, -0.2) is 0 Å². The van der Waals surface area contributed by atoms with E-state index in [-0.39, 0.29) is 11.1 Å². The van der Waals surface area contributed by atoms with Crippen LogP contribution in [0.4, 0.5) is 14.5 Å². The number of benzene rings is 1. The number of nitrogens with two attached hydrogens (primary N) is 1. The van der Waals surface area contributed by atoms with Crippen molar-refractivity contribution in [1.29, 1.82) is 0 Å². The topological polar surface area (TPSA) is 26.0 Å². The molecule has 0 aliphatic rings. The predicted octanol–water partition coefficient (Wildman–Crippen LogP) is 2.76. The zero-order valence-electron chi connectivity index (χ0n) is 5.97. The zero-order chi connectivity index (χ0) is 8.72. The van der Waals surface area contributed by atoms with E-state index in [1.54, 1.807) is 0 Å². The van der Waals surface area contributed by atoms with Gasteiger partial charge in [-0.25, -0.2) is 8.78 Å². The maximum atomic E-state index is 13.0. The van der Waals surface area contributed by atoms with Crippen LogP contribution in [0.3, 0.4) is 0 Å². The number of nitrogen functional groups attached to an aromatic ring is 1. The summed E-state index contributed by atoms with van der Waals surface area (Å²) in [6.07, 6.45) is 0. The molecule has 1 nitrogen and oxygen atoms in total. The lowest BCUT2D eigenvalue weighted by atomic mass is 10.2. The monoisotopic (exact) mass is 185 g/mol. The van der Waals surface area contributed by atoms with Gasteiger partial charge in [-0.2, -0.15) is 0 Å². The van der Waals surface area contributed by atoms with E-state index in [0.717, 1.165) is 0 Å². The minimum Gasteiger partial charge on any atom is -0.396 e. The molecule has 0 aliphatic carbocycles. The molecule has 0 unspecified atom stereocenters. The first-order chi connectivity index (χ1) is 5.70. The molecule has 1 heterocycles. The summed E-state index contributed by atoms with van der Waals surface area (Å²) in [6, 6.07) is 2.77. The molecule has 0 spiro atoms. The molecule has 0 atom stereocenters. The minimum atomic E-state index is -0.570. The van der Waals surface area contributed by atoms with Crippen molar-refractivity contribution in [2.75, 3.05) is 5.73 Å². The normalized spacial score (nSPS) is 10.8. The van der Waals surface area contributed by atoms with E-state index in [2.05, 4.69) is 0 Å². The minimum absolute atomic E-state index is 0.105. The summed E-state index contributed by atoms with van der Waals surface area (Å²) < 4.78 is 26.4. The highest BCUT2D eigenvalue weighted by Gasteiger charge is 2.09. The molecular formula is C8H5F2NS. The lowest BCUT2D eigenvalue weighted by Crippen LogP contribution is -1.91. The van der Waals surface area contributed by atoms with Gasteiger partial charge in [-0.1, -0.05) is 0 Å². The molecule has 62 valence electrons. The molecule has 0 saturated carbocycles. The first-order valence-electron chi connectivity index (χ1n) is 3.31. The summed E-state index contributed by atoms with van der Waals surface area (Å²) >= 11 is 1.22. The molecule has 0 saturated heterocycles. The van der Waals surface area contributed by atoms with Crippen molar-refractivity contribution in [3.8, 4) is 0 Å². The van der Waals surface area contributed by atoms with Gasteiger partial charge >= 0.3 is 0 Å². The molecule has 4 heteroatoms. The summed E-state index contributed by atoms with van der Waals surface area (Å²) in [5.74, 6) is -1.02. The number of thiophene rings is 1. The van der Waals surface area contributed by atoms with E-state index < -0.39 is 11.6 Å². The van der Waals surface area contributed by atoms with E-state index >= 15 is 0 Å². The first kappa shape index (κ1) is 7.49. The smallest absolute Gasteiger partial charge is 0.146 e. The second-order valence-corrected chi connectivity index (χ2v) is 3.33. The Balaban J connectivity index is 2.96. The highest BCUT2D eigenvalue weighted by molar-refractivity contribution is 7.17. The number of hydrogen-bond donors (Lipinski definition) is 1. The van der Waals surface area contributed by atoms with Crippen molar-refractivity contribution in [2.45, 2.75) is 0 Å². The van der Waals surface area contributed by atoms with E-state index in [0.29, 0.717) is 4.70 Å². The van der Waals surface area contributed by atoms with Crippen molar-refractivity contribution < 1.29 is 8.78 Å². The fourth-order valence-electron chi connectivity index (χ4n) is 1.09. The Kier molecular flexibility index (Phi) is 1.51. The molecule has 0 radical (unpaired) electrons. The summed E-state index contributed by atoms with van der Waals surface area (Å²) in [5.41, 5.74) is 5.25. The Morgan fingerprint density at radius 2 is 1.92 bits per heavy atom. The van der Waals surface area contributed by atoms with Crippen LogP contribution >= 0.6 is 11.3 Å². The second-order valence-electron chi connectivity index (χ2n) is 2.42. The van der Waals surface area contributed by atoms with E-state index in [4.69, 9.17) is 5.73 Å². The van der Waals surface area contributed by atoms with Gasteiger partial charge in [0.25, 0.3) is 0 Å². The summed E-state index contributed by atoms with van der Waals surface area (Å²) in [4.78, 5) is 0. The zero-order valence-corrected chi connectivity index (χ0v) is 6.79. The summed E-state index contributed by atoms with van der Waals surface area (Å²) in [7, 11) is 0. The molecule has 1 aromatic carbocycles. The average Bonchev–Trinajstić information content (AvgIpc) is 2.41. The third-order valence-corrected chi connectivity index (χ3v) is 2.60. The fourth-order valence-corrected chi connectivity index (χ4v) is 1.91. The van der Waals surface area contributed by atoms with E-state index in [9.17, 15) is 8.78 Å². The molecule has 2 N–H and O–H groups in total. The van der Waals surface area contributed by atoms with Gasteiger partial charge in [-0.15, -0.1) is 11.3 Å². The largest absolute Gasteiger partial charge is 0.396 e. The molecule has 0 amide bonds. The average molecular weight is 185 g/mol. The van der Waals surface area contributed by atoms with Crippen LogP contribution in [0.2, 0.25) is 0 Å². The molecule has 0 fully saturated rings. The van der Waals surface area contributed by atoms with Crippen LogP contribution in [0.15, 0.2) is 17.5 Å². The van der Waals surface area contributed by atoms with E-state index in [1.807, 2.05) is 0 Å². The lowest BCUT2D eigenvalue weighted by molar-refractivity contribution is 0.628. The number of halogens is 2. The molecule has 2 aromatic rings. The maximum Gasteiger partial charge on any atom is 0.146 e. The van der Waals surface area contributed by atoms with Gasteiger partial charge in [0.1, 0.15) is 11.6 Å². The van der Waals surface area contributed by atoms with Crippen molar-refractivity contribution in [3.05, 3.63) is 29.1 Å². The highest BCUT2D eigenvalue weighted by Crippen LogP contribution is 2.30. The Morgan fingerprint density at radius 1 is 1.17 bits per heavy atom. The van der Waals surface area contributed by atoms with Crippen molar-refractivity contribution in [1.82, 2.24) is 0 Å². The van der Waals surface area contributed by atoms with Gasteiger partial charge in [0.2, 0.25) is 0 Å². The van der Waals surface area contributed by atoms with Gasteiger partial charge in [0, 0.05) is 10.1 Å². The first-order valence-corrected chi connectivity index (χ1v) is 4.19. The van der Waals surface area contributed by atoms with Crippen LogP contribution in [0.25, 0.3) is 10.1 Å². The summed E-state index contributed by atoms with van der Waals surface area (Å²) in [5, 5.41) is 1.51. The lowest BCUT2D eigenvalue weighted by Gasteiger charge is -1.97. The van der Waals surface area contributed by atoms with Gasteiger partial charge < -0.3 is 5.73 Å². The summed E-state index contributed by atoms with van der Waals surface area (Å²) in [6.45, 7) is 0. The Hall–Kier alpha value is -1.16. The maximum absolute atomic E-state index is 13.0. The number of anilines is 1. The SMILES string of the molecule is Nc1c(F)ccc2scc(F)c12. The molecular weight excluding hydrogens is 180 g/mol. The fraction of sp³-hybridized carbons (Fsp3) is 0. The number of fused-ring (bicyclic) bond motifs is 1. The molecule has 1 aromatic heterocycles. The van der Waals surface area contributed by atoms with Crippen LogP contribution in [0.5, 0.6) is 0 Å². The van der Waals surface area contributed by atoms with Crippen molar-refractivity contribution in [2.24, 2.45) is 0 Å². The quantitative estimate of drug-likeness (QED) is 0.627. The third-order valence-electron chi connectivity index (χ3n) is 1.68. The Bertz CT molecular complexity index is 436. The van der Waals surface area contributed by atoms with Crippen LogP contribution < -0.4 is 5.73 Å². The van der Waals surface area contributed by atoms with Gasteiger partial charge in [0.05, 0.1) is 11.1 Å². The molecule has 0 bridgehead atoms. The van der Waals surface area contributed by atoms with Gasteiger partial charge in [-0.3, -0.25) is 0 Å². The second kappa shape index (κ2) is 2.42. The van der Waals surface area contributed by atoms with Crippen LogP contribution in [0, 0.1) is 11.6 Å². The van der Waals surface area contributed by atoms with Gasteiger partial charge in [-0.05, 0) is 12.1 Å². The van der Waals surface area contributed by atoms with E-state index in [1.165, 1.54) is 28.8 Å². The van der Waals surface area contributed by atoms with Crippen LogP contribution in [-0.2, 0) is 0 Å². The standard InChI is InChI=1S/C8H5F2NS/c9-4-1-2-6-7(8(4)11)5(10)3-12-6/h1-3H,11H2. The third kappa shape index (κ3) is 0.881. The van der Waals surface area contributed by atoms with Crippen molar-refractivity contribution in [3.63, 3.8) is 0 Å². The molecule has 2 rings (SSSR count). The predicted molar refractivity (Wildman–Crippen MR) is 46.2 cm³/mol. The number of rotatable bonds is 0. The number of hydrogen-bond acceptors (Lipinski definition) is 2. The Morgan fingerprint density at radius 3 is 2.67 bits per heavy atom. The van der Waals surface area contributed by atoms with Crippen LogP contribution in [0.1, 0.15) is 0 Å². The highest BCUT2D eigenvalue weighted by atomic mass is 32.1. The molecule has 12 heavy (non-hydrogen) atoms.